The highest BCUT2D eigenvalue weighted by Gasteiger charge is 2.04. The van der Waals surface area contributed by atoms with Crippen molar-refractivity contribution < 1.29 is 19.0 Å². The maximum atomic E-state index is 11.0. The van der Waals surface area contributed by atoms with Crippen molar-refractivity contribution in [2.24, 2.45) is 0 Å². The number of rotatable bonds is 7. The molecule has 5 nitrogen and oxygen atoms in total. The normalized spacial score (nSPS) is 10.0. The van der Waals surface area contributed by atoms with E-state index in [0.29, 0.717) is 12.4 Å². The molecule has 0 aliphatic heterocycles. The monoisotopic (exact) mass is 315 g/mol. The Morgan fingerprint density at radius 1 is 1.00 bits per heavy atom. The van der Waals surface area contributed by atoms with Gasteiger partial charge in [0.15, 0.2) is 0 Å². The van der Waals surface area contributed by atoms with Crippen molar-refractivity contribution in [1.82, 2.24) is 0 Å². The molecule has 0 bridgehead atoms. The van der Waals surface area contributed by atoms with Crippen molar-refractivity contribution in [2.45, 2.75) is 6.42 Å². The number of nitrogens with zero attached hydrogens (tertiary/aromatic N) is 1. The minimum Gasteiger partial charge on any atom is -0.494 e. The molecule has 0 N–H and O–H groups in total. The lowest BCUT2D eigenvalue weighted by atomic mass is 10.3. The molecular weight excluding hydrogens is 294 g/mol. The molecule has 0 saturated carbocycles. The Kier molecular flexibility index (Phi) is 6.29. The third kappa shape index (κ3) is 5.54. The van der Waals surface area contributed by atoms with Crippen LogP contribution in [0, 0.1) is 0 Å². The summed E-state index contributed by atoms with van der Waals surface area (Å²) < 4.78 is 15.0. The quantitative estimate of drug-likeness (QED) is 0.442. The Hall–Kier alpha value is -2.69. The minimum absolute atomic E-state index is 0.424. The van der Waals surface area contributed by atoms with Gasteiger partial charge in [-0.2, -0.15) is 0 Å². The van der Waals surface area contributed by atoms with Crippen molar-refractivity contribution in [3.05, 3.63) is 54.6 Å². The van der Waals surface area contributed by atoms with Crippen molar-refractivity contribution in [3.63, 3.8) is 0 Å². The van der Waals surface area contributed by atoms with Crippen LogP contribution in [0.5, 0.6) is 11.5 Å². The number of carbonyl (C=O) groups is 1. The van der Waals surface area contributed by atoms with Crippen LogP contribution in [0.3, 0.4) is 0 Å². The molecule has 0 atom stereocenters. The first-order valence-corrected chi connectivity index (χ1v) is 7.44. The zero-order valence-electron chi connectivity index (χ0n) is 13.4. The molecule has 0 fully saturated rings. The number of anilines is 1. The van der Waals surface area contributed by atoms with Crippen molar-refractivity contribution in [1.29, 1.82) is 0 Å². The van der Waals surface area contributed by atoms with E-state index >= 15 is 0 Å². The van der Waals surface area contributed by atoms with Crippen LogP contribution in [0.1, 0.15) is 6.42 Å². The number of methoxy groups -OCH3 is 1. The van der Waals surface area contributed by atoms with Gasteiger partial charge in [-0.25, -0.2) is 4.79 Å². The lowest BCUT2D eigenvalue weighted by Gasteiger charge is -2.19. The van der Waals surface area contributed by atoms with Crippen LogP contribution in [0.25, 0.3) is 0 Å². The van der Waals surface area contributed by atoms with Crippen LogP contribution in [-0.2, 0) is 4.74 Å². The van der Waals surface area contributed by atoms with Gasteiger partial charge in [0.25, 0.3) is 0 Å². The Balaban J connectivity index is 1.71. The van der Waals surface area contributed by atoms with Gasteiger partial charge in [-0.1, -0.05) is 18.2 Å². The van der Waals surface area contributed by atoms with Gasteiger partial charge in [-0.05, 0) is 42.8 Å². The van der Waals surface area contributed by atoms with Gasteiger partial charge in [0.1, 0.15) is 11.5 Å². The predicted molar refractivity (Wildman–Crippen MR) is 89.3 cm³/mol. The smallest absolute Gasteiger partial charge is 0.494 e. The lowest BCUT2D eigenvalue weighted by Crippen LogP contribution is -2.20. The number of hydrogen-bond acceptors (Lipinski definition) is 5. The summed E-state index contributed by atoms with van der Waals surface area (Å²) in [6.45, 7) is 1.53. The molecule has 2 aromatic carbocycles. The second kappa shape index (κ2) is 8.68. The number of carbonyl (C=O) groups excluding carboxylic acids is 1. The highest BCUT2D eigenvalue weighted by atomic mass is 16.7. The fraction of sp³-hybridized carbons (Fsp3) is 0.278. The van der Waals surface area contributed by atoms with Gasteiger partial charge < -0.3 is 19.1 Å². The first-order chi connectivity index (χ1) is 11.2. The van der Waals surface area contributed by atoms with E-state index < -0.39 is 6.16 Å². The molecule has 0 aromatic heterocycles. The Labute approximate surface area is 136 Å². The molecular formula is C18H21NO4. The van der Waals surface area contributed by atoms with Gasteiger partial charge in [-0.3, -0.25) is 0 Å². The summed E-state index contributed by atoms with van der Waals surface area (Å²) in [5.74, 6) is 1.16. The van der Waals surface area contributed by atoms with E-state index in [1.165, 1.54) is 12.8 Å². The van der Waals surface area contributed by atoms with E-state index in [2.05, 4.69) is 28.8 Å². The first kappa shape index (κ1) is 16.7. The molecule has 0 heterocycles. The molecule has 0 unspecified atom stereocenters. The van der Waals surface area contributed by atoms with Crippen LogP contribution in [0.15, 0.2) is 54.6 Å². The fourth-order valence-corrected chi connectivity index (χ4v) is 2.05. The summed E-state index contributed by atoms with van der Waals surface area (Å²) in [5.41, 5.74) is 1.19. The largest absolute Gasteiger partial charge is 0.513 e. The second-order valence-corrected chi connectivity index (χ2v) is 4.99. The fourth-order valence-electron chi connectivity index (χ4n) is 2.05. The summed E-state index contributed by atoms with van der Waals surface area (Å²) in [7, 11) is 3.33. The number of ether oxygens (including phenoxy) is 3. The summed E-state index contributed by atoms with van der Waals surface area (Å²) >= 11 is 0. The van der Waals surface area contributed by atoms with E-state index in [0.717, 1.165) is 18.7 Å². The molecule has 5 heteroatoms. The molecule has 0 spiro atoms. The van der Waals surface area contributed by atoms with Crippen LogP contribution >= 0.6 is 0 Å². The maximum Gasteiger partial charge on any atom is 0.513 e. The molecule has 0 radical (unpaired) electrons. The number of benzene rings is 2. The van der Waals surface area contributed by atoms with Crippen LogP contribution in [-0.4, -0.2) is 33.5 Å². The van der Waals surface area contributed by atoms with Crippen molar-refractivity contribution in [3.8, 4) is 11.5 Å². The zero-order chi connectivity index (χ0) is 16.5. The highest BCUT2D eigenvalue weighted by Crippen LogP contribution is 2.18. The minimum atomic E-state index is -0.734. The Morgan fingerprint density at radius 3 is 2.30 bits per heavy atom. The summed E-state index contributed by atoms with van der Waals surface area (Å²) in [6, 6.07) is 17.1. The van der Waals surface area contributed by atoms with Gasteiger partial charge >= 0.3 is 6.16 Å². The molecule has 23 heavy (non-hydrogen) atoms. The third-order valence-corrected chi connectivity index (χ3v) is 3.30. The van der Waals surface area contributed by atoms with E-state index in [9.17, 15) is 4.79 Å². The summed E-state index contributed by atoms with van der Waals surface area (Å²) in [5, 5.41) is 0. The topological polar surface area (TPSA) is 48.0 Å². The van der Waals surface area contributed by atoms with Gasteiger partial charge in [-0.15, -0.1) is 0 Å². The average Bonchev–Trinajstić information content (AvgIpc) is 2.60. The first-order valence-electron chi connectivity index (χ1n) is 7.44. The molecule has 0 aliphatic rings. The molecule has 122 valence electrons. The maximum absolute atomic E-state index is 11.0. The molecule has 2 aromatic rings. The van der Waals surface area contributed by atoms with Gasteiger partial charge in [0.05, 0.1) is 13.7 Å². The molecule has 0 amide bonds. The van der Waals surface area contributed by atoms with Crippen LogP contribution in [0.4, 0.5) is 10.5 Å². The van der Waals surface area contributed by atoms with Crippen molar-refractivity contribution in [2.75, 3.05) is 32.2 Å². The standard InChI is InChI=1S/C18H21NO4/c1-19(15-7-4-3-5-8-15)13-6-14-22-16-9-11-17(12-10-16)23-18(20)21-2/h3-5,7-12H,6,13-14H2,1-2H3. The van der Waals surface area contributed by atoms with E-state index in [4.69, 9.17) is 9.47 Å². The van der Waals surface area contributed by atoms with Crippen molar-refractivity contribution >= 4 is 11.8 Å². The summed E-state index contributed by atoms with van der Waals surface area (Å²) in [4.78, 5) is 13.2. The number of para-hydroxylation sites is 1. The van der Waals surface area contributed by atoms with Gasteiger partial charge in [0, 0.05) is 19.3 Å². The number of hydrogen-bond donors (Lipinski definition) is 0. The molecule has 0 aliphatic carbocycles. The SMILES string of the molecule is COC(=O)Oc1ccc(OCCCN(C)c2ccccc2)cc1. The van der Waals surface area contributed by atoms with E-state index in [-0.39, 0.29) is 0 Å². The van der Waals surface area contributed by atoms with Crippen LogP contribution in [0.2, 0.25) is 0 Å². The Morgan fingerprint density at radius 2 is 1.65 bits per heavy atom. The van der Waals surface area contributed by atoms with Crippen LogP contribution < -0.4 is 14.4 Å². The second-order valence-electron chi connectivity index (χ2n) is 4.99. The highest BCUT2D eigenvalue weighted by molar-refractivity contribution is 5.63. The zero-order valence-corrected chi connectivity index (χ0v) is 13.4. The molecule has 2 rings (SSSR count). The average molecular weight is 315 g/mol. The van der Waals surface area contributed by atoms with E-state index in [1.807, 2.05) is 18.2 Å². The third-order valence-electron chi connectivity index (χ3n) is 3.30. The predicted octanol–water partition coefficient (Wildman–Crippen LogP) is 3.74. The van der Waals surface area contributed by atoms with Gasteiger partial charge in [0.2, 0.25) is 0 Å². The Bertz CT molecular complexity index is 598. The van der Waals surface area contributed by atoms with E-state index in [1.54, 1.807) is 24.3 Å². The molecule has 0 saturated heterocycles. The summed E-state index contributed by atoms with van der Waals surface area (Å²) in [6.07, 6.45) is 0.175. The lowest BCUT2D eigenvalue weighted by molar-refractivity contribution is 0.121.